The number of carbonyl (C=O) groups is 1. The third-order valence-corrected chi connectivity index (χ3v) is 4.24. The first-order valence-corrected chi connectivity index (χ1v) is 7.93. The lowest BCUT2D eigenvalue weighted by Crippen LogP contribution is -2.07. The molecule has 0 aliphatic rings. The molecule has 0 unspecified atom stereocenters. The number of carboxylic acid groups (broad SMARTS) is 1. The quantitative estimate of drug-likeness (QED) is 0.568. The summed E-state index contributed by atoms with van der Waals surface area (Å²) in [5.74, 6) is -1.10. The van der Waals surface area contributed by atoms with E-state index in [2.05, 4.69) is 19.9 Å². The molecule has 0 amide bonds. The topological polar surface area (TPSA) is 110 Å². The maximum Gasteiger partial charge on any atom is 0.354 e. The lowest BCUT2D eigenvalue weighted by atomic mass is 10.0. The Bertz CT molecular complexity index is 1150. The molecule has 0 aliphatic carbocycles. The van der Waals surface area contributed by atoms with Crippen molar-refractivity contribution in [2.24, 2.45) is 0 Å². The number of aromatic amines is 1. The van der Waals surface area contributed by atoms with Gasteiger partial charge in [0.15, 0.2) is 5.69 Å². The van der Waals surface area contributed by atoms with E-state index in [1.165, 1.54) is 13.3 Å². The largest absolute Gasteiger partial charge is 0.477 e. The van der Waals surface area contributed by atoms with E-state index >= 15 is 0 Å². The number of carboxylic acids is 1. The second-order valence-corrected chi connectivity index (χ2v) is 5.89. The van der Waals surface area contributed by atoms with E-state index in [0.29, 0.717) is 28.6 Å². The molecule has 0 bridgehead atoms. The summed E-state index contributed by atoms with van der Waals surface area (Å²) < 4.78 is 10.4. The lowest BCUT2D eigenvalue weighted by Gasteiger charge is -2.08. The van der Waals surface area contributed by atoms with E-state index < -0.39 is 5.97 Å². The van der Waals surface area contributed by atoms with Crippen LogP contribution < -0.4 is 0 Å². The maximum absolute atomic E-state index is 11.6. The standard InChI is InChI=1S/C18H16N4O4/c1-25-7-9-5-19-17-12(21-9)4-3-11-15(17)14-10(8-26-2)16(18(23)24)20-6-13(14)22-11/h3-6,21H,7-8H2,1-2H3,(H,23,24). The summed E-state index contributed by atoms with van der Waals surface area (Å²) in [6, 6.07) is 3.78. The average molecular weight is 352 g/mol. The molecule has 26 heavy (non-hydrogen) atoms. The van der Waals surface area contributed by atoms with Gasteiger partial charge in [0.05, 0.1) is 47.2 Å². The second-order valence-electron chi connectivity index (χ2n) is 5.89. The number of aromatic carboxylic acids is 1. The normalized spacial score (nSPS) is 11.6. The summed E-state index contributed by atoms with van der Waals surface area (Å²) in [6.45, 7) is 0.539. The van der Waals surface area contributed by atoms with Crippen molar-refractivity contribution in [3.05, 3.63) is 41.5 Å². The van der Waals surface area contributed by atoms with Gasteiger partial charge in [-0.25, -0.2) is 14.8 Å². The summed E-state index contributed by atoms with van der Waals surface area (Å²) in [5.41, 5.74) is 4.18. The van der Waals surface area contributed by atoms with Crippen LogP contribution in [-0.2, 0) is 22.7 Å². The molecule has 0 atom stereocenters. The van der Waals surface area contributed by atoms with Gasteiger partial charge < -0.3 is 19.6 Å². The highest BCUT2D eigenvalue weighted by atomic mass is 16.5. The molecular formula is C18H16N4O4. The predicted molar refractivity (Wildman–Crippen MR) is 95.1 cm³/mol. The van der Waals surface area contributed by atoms with E-state index in [0.717, 1.165) is 22.1 Å². The summed E-state index contributed by atoms with van der Waals surface area (Å²) in [6.07, 6.45) is 3.19. The average Bonchev–Trinajstić information content (AvgIpc) is 3.01. The Labute approximate surface area is 147 Å². The van der Waals surface area contributed by atoms with Crippen molar-refractivity contribution < 1.29 is 19.4 Å². The van der Waals surface area contributed by atoms with Gasteiger partial charge in [-0.15, -0.1) is 0 Å². The lowest BCUT2D eigenvalue weighted by molar-refractivity contribution is 0.0685. The van der Waals surface area contributed by atoms with Crippen molar-refractivity contribution >= 4 is 38.8 Å². The van der Waals surface area contributed by atoms with Gasteiger partial charge in [0.25, 0.3) is 0 Å². The molecule has 0 saturated carbocycles. The van der Waals surface area contributed by atoms with Gasteiger partial charge >= 0.3 is 5.97 Å². The Morgan fingerprint density at radius 3 is 2.62 bits per heavy atom. The Hall–Kier alpha value is -3.10. The Morgan fingerprint density at radius 1 is 1.08 bits per heavy atom. The van der Waals surface area contributed by atoms with Crippen LogP contribution in [0.5, 0.6) is 0 Å². The van der Waals surface area contributed by atoms with Crippen molar-refractivity contribution in [3.8, 4) is 0 Å². The number of nitrogens with zero attached hydrogens (tertiary/aromatic N) is 3. The summed E-state index contributed by atoms with van der Waals surface area (Å²) in [5, 5.41) is 11.0. The minimum Gasteiger partial charge on any atom is -0.477 e. The highest BCUT2D eigenvalue weighted by molar-refractivity contribution is 6.20. The summed E-state index contributed by atoms with van der Waals surface area (Å²) in [4.78, 5) is 28.1. The molecule has 0 aliphatic heterocycles. The van der Waals surface area contributed by atoms with Gasteiger partial charge in [-0.3, -0.25) is 4.98 Å². The summed E-state index contributed by atoms with van der Waals surface area (Å²) in [7, 11) is 3.14. The highest BCUT2D eigenvalue weighted by Crippen LogP contribution is 2.34. The fourth-order valence-electron chi connectivity index (χ4n) is 3.24. The van der Waals surface area contributed by atoms with Crippen LogP contribution in [0.3, 0.4) is 0 Å². The smallest absolute Gasteiger partial charge is 0.354 e. The van der Waals surface area contributed by atoms with Crippen LogP contribution in [0.15, 0.2) is 24.5 Å². The molecule has 0 spiro atoms. The molecule has 3 heterocycles. The van der Waals surface area contributed by atoms with Crippen LogP contribution in [0.2, 0.25) is 0 Å². The number of hydrogen-bond donors (Lipinski definition) is 2. The molecule has 0 fully saturated rings. The third kappa shape index (κ3) is 2.47. The van der Waals surface area contributed by atoms with Gasteiger partial charge in [-0.2, -0.15) is 0 Å². The number of hydrogen-bond acceptors (Lipinski definition) is 6. The van der Waals surface area contributed by atoms with Gasteiger partial charge in [-0.05, 0) is 12.1 Å². The first-order chi connectivity index (χ1) is 12.6. The zero-order valence-electron chi connectivity index (χ0n) is 14.2. The SMILES string of the molecule is COCc1cnc2c(ccc3nc4cnc(C(=O)O)c(COC)c4c32)[nH]1. The molecule has 3 aromatic heterocycles. The summed E-state index contributed by atoms with van der Waals surface area (Å²) >= 11 is 0. The number of H-pyrrole nitrogens is 1. The molecule has 8 heteroatoms. The first kappa shape index (κ1) is 16.4. The molecule has 4 aromatic rings. The minimum absolute atomic E-state index is 0.0364. The van der Waals surface area contributed by atoms with Gasteiger partial charge in [0.2, 0.25) is 0 Å². The zero-order valence-corrected chi connectivity index (χ0v) is 14.2. The number of pyridine rings is 1. The Kier molecular flexibility index (Phi) is 3.98. The van der Waals surface area contributed by atoms with Crippen molar-refractivity contribution in [3.63, 3.8) is 0 Å². The number of nitrogens with one attached hydrogen (secondary N) is 1. The molecular weight excluding hydrogens is 336 g/mol. The molecule has 132 valence electrons. The molecule has 0 saturated heterocycles. The van der Waals surface area contributed by atoms with E-state index in [9.17, 15) is 9.90 Å². The second kappa shape index (κ2) is 6.32. The van der Waals surface area contributed by atoms with Gasteiger partial charge in [0.1, 0.15) is 0 Å². The van der Waals surface area contributed by atoms with Crippen LogP contribution in [0.25, 0.3) is 32.8 Å². The van der Waals surface area contributed by atoms with Crippen molar-refractivity contribution in [1.82, 2.24) is 19.9 Å². The van der Waals surface area contributed by atoms with Crippen molar-refractivity contribution in [2.45, 2.75) is 13.2 Å². The van der Waals surface area contributed by atoms with E-state index in [-0.39, 0.29) is 12.3 Å². The number of aromatic nitrogens is 4. The third-order valence-electron chi connectivity index (χ3n) is 4.24. The Morgan fingerprint density at radius 2 is 1.88 bits per heavy atom. The fraction of sp³-hybridized carbons (Fsp3) is 0.222. The number of benzene rings is 1. The van der Waals surface area contributed by atoms with Crippen molar-refractivity contribution in [1.29, 1.82) is 0 Å². The predicted octanol–water partition coefficient (Wildman–Crippen LogP) is 2.65. The molecule has 1 aromatic carbocycles. The molecule has 0 radical (unpaired) electrons. The molecule has 8 nitrogen and oxygen atoms in total. The highest BCUT2D eigenvalue weighted by Gasteiger charge is 2.21. The van der Waals surface area contributed by atoms with E-state index in [1.807, 2.05) is 12.1 Å². The van der Waals surface area contributed by atoms with Crippen molar-refractivity contribution in [2.75, 3.05) is 14.2 Å². The van der Waals surface area contributed by atoms with Gasteiger partial charge in [0, 0.05) is 36.8 Å². The van der Waals surface area contributed by atoms with Crippen LogP contribution in [-0.4, -0.2) is 45.2 Å². The molecule has 2 N–H and O–H groups in total. The fourth-order valence-corrected chi connectivity index (χ4v) is 3.24. The minimum atomic E-state index is -1.10. The van der Waals surface area contributed by atoms with Crippen LogP contribution >= 0.6 is 0 Å². The molecule has 4 rings (SSSR count). The maximum atomic E-state index is 11.6. The van der Waals surface area contributed by atoms with Gasteiger partial charge in [-0.1, -0.05) is 0 Å². The monoisotopic (exact) mass is 352 g/mol. The Balaban J connectivity index is 2.13. The van der Waals surface area contributed by atoms with E-state index in [4.69, 9.17) is 9.47 Å². The van der Waals surface area contributed by atoms with E-state index in [1.54, 1.807) is 13.3 Å². The van der Waals surface area contributed by atoms with Crippen LogP contribution in [0.4, 0.5) is 0 Å². The first-order valence-electron chi connectivity index (χ1n) is 7.93. The number of rotatable bonds is 5. The number of ether oxygens (including phenoxy) is 2. The number of methoxy groups -OCH3 is 2. The van der Waals surface area contributed by atoms with Crippen LogP contribution in [0.1, 0.15) is 21.7 Å². The number of fused-ring (bicyclic) bond motifs is 5. The zero-order chi connectivity index (χ0) is 18.3. The van der Waals surface area contributed by atoms with Crippen LogP contribution in [0, 0.1) is 0 Å².